The van der Waals surface area contributed by atoms with Crippen LogP contribution in [0.5, 0.6) is 11.5 Å². The van der Waals surface area contributed by atoms with Crippen LogP contribution in [0.4, 0.5) is 11.8 Å². The van der Waals surface area contributed by atoms with Gasteiger partial charge in [0.15, 0.2) is 11.5 Å². The number of likely N-dealkylation sites (tertiary alicyclic amines) is 1. The summed E-state index contributed by atoms with van der Waals surface area (Å²) in [5.74, 6) is 2.43. The van der Waals surface area contributed by atoms with Crippen molar-refractivity contribution in [1.29, 1.82) is 0 Å². The minimum Gasteiger partial charge on any atom is -0.493 e. The van der Waals surface area contributed by atoms with E-state index in [0.29, 0.717) is 36.6 Å². The van der Waals surface area contributed by atoms with Crippen LogP contribution in [0, 0.1) is 0 Å². The van der Waals surface area contributed by atoms with E-state index in [-0.39, 0.29) is 11.8 Å². The number of carbonyl (C=O) groups is 1. The lowest BCUT2D eigenvalue weighted by molar-refractivity contribution is -0.118. The Morgan fingerprint density at radius 3 is 2.44 bits per heavy atom. The van der Waals surface area contributed by atoms with Crippen LogP contribution in [0.25, 0.3) is 10.9 Å². The number of nitrogens with one attached hydrogen (secondary N) is 3. The monoisotopic (exact) mass is 518 g/mol. The number of rotatable bonds is 11. The van der Waals surface area contributed by atoms with Crippen LogP contribution in [0.15, 0.2) is 12.1 Å². The summed E-state index contributed by atoms with van der Waals surface area (Å²) in [4.78, 5) is 23.6. The Bertz CT molecular complexity index is 1010. The molecule has 10 heteroatoms. The van der Waals surface area contributed by atoms with Crippen molar-refractivity contribution in [2.45, 2.75) is 63.5 Å². The lowest BCUT2D eigenvalue weighted by Gasteiger charge is -2.39. The van der Waals surface area contributed by atoms with Crippen LogP contribution in [-0.2, 0) is 4.79 Å². The smallest absolute Gasteiger partial charge is 0.234 e. The van der Waals surface area contributed by atoms with Crippen molar-refractivity contribution < 1.29 is 14.3 Å². The second-order valence-corrected chi connectivity index (χ2v) is 9.90. The molecule has 0 unspecified atom stereocenters. The van der Waals surface area contributed by atoms with Gasteiger partial charge in [-0.25, -0.2) is 4.98 Å². The lowest BCUT2D eigenvalue weighted by atomic mass is 9.92. The van der Waals surface area contributed by atoms with Crippen molar-refractivity contribution >= 4 is 40.2 Å². The number of nitrogens with zero attached hydrogens (tertiary/aromatic N) is 3. The lowest BCUT2D eigenvalue weighted by Crippen LogP contribution is -2.45. The number of methoxy groups -OCH3 is 2. The molecule has 1 aliphatic heterocycles. The summed E-state index contributed by atoms with van der Waals surface area (Å²) in [6.07, 6.45) is 9.75. The number of anilines is 2. The molecule has 1 aliphatic carbocycles. The third-order valence-corrected chi connectivity index (χ3v) is 7.49. The van der Waals surface area contributed by atoms with E-state index in [0.717, 1.165) is 55.1 Å². The van der Waals surface area contributed by atoms with Crippen LogP contribution >= 0.6 is 11.6 Å². The first kappa shape index (κ1) is 26.5. The molecule has 2 heterocycles. The van der Waals surface area contributed by atoms with Crippen molar-refractivity contribution in [3.05, 3.63) is 12.1 Å². The summed E-state index contributed by atoms with van der Waals surface area (Å²) in [5.41, 5.74) is 0.780. The molecule has 4 rings (SSSR count). The third kappa shape index (κ3) is 6.82. The zero-order valence-electron chi connectivity index (χ0n) is 21.4. The number of carbonyl (C=O) groups excluding carboxylic acids is 1. The number of amides is 1. The summed E-state index contributed by atoms with van der Waals surface area (Å²) in [6, 6.07) is 4.95. The SMILES string of the molecule is COc1cc2nc(NCCCNC(=O)CCl)nc(NC3CCN(C4CCCCC4)CC3)c2cc1OC. The molecule has 1 saturated carbocycles. The number of fused-ring (bicyclic) bond motifs is 1. The fourth-order valence-corrected chi connectivity index (χ4v) is 5.35. The molecule has 2 fully saturated rings. The van der Waals surface area contributed by atoms with E-state index in [4.69, 9.17) is 31.0 Å². The molecule has 1 aromatic carbocycles. The first-order chi connectivity index (χ1) is 17.6. The highest BCUT2D eigenvalue weighted by atomic mass is 35.5. The van der Waals surface area contributed by atoms with Gasteiger partial charge >= 0.3 is 0 Å². The van der Waals surface area contributed by atoms with Gasteiger partial charge in [-0.2, -0.15) is 4.98 Å². The molecule has 198 valence electrons. The second-order valence-electron chi connectivity index (χ2n) is 9.63. The predicted octanol–water partition coefficient (Wildman–Crippen LogP) is 4.01. The summed E-state index contributed by atoms with van der Waals surface area (Å²) >= 11 is 5.53. The maximum Gasteiger partial charge on any atom is 0.234 e. The van der Waals surface area contributed by atoms with E-state index in [1.807, 2.05) is 12.1 Å². The number of piperidine rings is 1. The summed E-state index contributed by atoms with van der Waals surface area (Å²) in [7, 11) is 3.26. The molecular formula is C26H39ClN6O3. The van der Waals surface area contributed by atoms with Gasteiger partial charge in [0.2, 0.25) is 11.9 Å². The minimum absolute atomic E-state index is 0.0267. The number of benzene rings is 1. The van der Waals surface area contributed by atoms with E-state index in [1.165, 1.54) is 32.1 Å². The van der Waals surface area contributed by atoms with Gasteiger partial charge in [0, 0.05) is 49.7 Å². The molecule has 2 aliphatic rings. The first-order valence-corrected chi connectivity index (χ1v) is 13.7. The van der Waals surface area contributed by atoms with E-state index < -0.39 is 0 Å². The van der Waals surface area contributed by atoms with Crippen molar-refractivity contribution in [1.82, 2.24) is 20.2 Å². The molecule has 1 saturated heterocycles. The van der Waals surface area contributed by atoms with Gasteiger partial charge in [-0.1, -0.05) is 19.3 Å². The van der Waals surface area contributed by atoms with Crippen molar-refractivity contribution in [2.24, 2.45) is 0 Å². The Morgan fingerprint density at radius 1 is 1.03 bits per heavy atom. The van der Waals surface area contributed by atoms with Gasteiger partial charge in [0.05, 0.1) is 19.7 Å². The number of halogens is 1. The Kier molecular flexibility index (Phi) is 9.69. The second kappa shape index (κ2) is 13.1. The summed E-state index contributed by atoms with van der Waals surface area (Å²) < 4.78 is 11.1. The van der Waals surface area contributed by atoms with Gasteiger partial charge in [0.25, 0.3) is 0 Å². The van der Waals surface area contributed by atoms with Crippen molar-refractivity contribution in [3.63, 3.8) is 0 Å². The molecule has 1 amide bonds. The van der Waals surface area contributed by atoms with Crippen LogP contribution in [0.1, 0.15) is 51.4 Å². The van der Waals surface area contributed by atoms with Gasteiger partial charge in [-0.3, -0.25) is 4.79 Å². The largest absolute Gasteiger partial charge is 0.493 e. The van der Waals surface area contributed by atoms with E-state index in [2.05, 4.69) is 20.9 Å². The Labute approximate surface area is 218 Å². The van der Waals surface area contributed by atoms with E-state index >= 15 is 0 Å². The highest BCUT2D eigenvalue weighted by Gasteiger charge is 2.27. The predicted molar refractivity (Wildman–Crippen MR) is 145 cm³/mol. The first-order valence-electron chi connectivity index (χ1n) is 13.1. The molecule has 0 bridgehead atoms. The Hall–Kier alpha value is -2.52. The number of hydrogen-bond acceptors (Lipinski definition) is 8. The molecule has 1 aromatic heterocycles. The fraction of sp³-hybridized carbons (Fsp3) is 0.654. The highest BCUT2D eigenvalue weighted by Crippen LogP contribution is 2.35. The molecule has 36 heavy (non-hydrogen) atoms. The number of alkyl halides is 1. The van der Waals surface area contributed by atoms with Crippen LogP contribution < -0.4 is 25.4 Å². The Morgan fingerprint density at radius 2 is 1.75 bits per heavy atom. The van der Waals surface area contributed by atoms with Gasteiger partial charge in [0.1, 0.15) is 11.7 Å². The number of hydrogen-bond donors (Lipinski definition) is 3. The summed E-state index contributed by atoms with van der Waals surface area (Å²) in [6.45, 7) is 3.42. The molecule has 0 radical (unpaired) electrons. The minimum atomic E-state index is -0.166. The standard InChI is InChI=1S/C26H39ClN6O3/c1-35-22-15-20-21(16-23(22)36-2)31-26(29-12-6-11-28-24(34)17-27)32-25(20)30-18-9-13-33(14-10-18)19-7-4-3-5-8-19/h15-16,18-19H,3-14,17H2,1-2H3,(H,28,34)(H2,29,30,31,32). The highest BCUT2D eigenvalue weighted by molar-refractivity contribution is 6.27. The van der Waals surface area contributed by atoms with Crippen molar-refractivity contribution in [2.75, 3.05) is 56.9 Å². The van der Waals surface area contributed by atoms with E-state index in [1.54, 1.807) is 14.2 Å². The molecule has 0 atom stereocenters. The molecular weight excluding hydrogens is 480 g/mol. The summed E-state index contributed by atoms with van der Waals surface area (Å²) in [5, 5.41) is 10.7. The zero-order chi connectivity index (χ0) is 25.3. The van der Waals surface area contributed by atoms with Crippen LogP contribution in [-0.4, -0.2) is 79.1 Å². The number of ether oxygens (including phenoxy) is 2. The van der Waals surface area contributed by atoms with Gasteiger partial charge in [-0.15, -0.1) is 11.6 Å². The molecule has 0 spiro atoms. The average molecular weight is 519 g/mol. The molecule has 3 N–H and O–H groups in total. The molecule has 9 nitrogen and oxygen atoms in total. The fourth-order valence-electron chi connectivity index (χ4n) is 5.26. The average Bonchev–Trinajstić information content (AvgIpc) is 2.92. The van der Waals surface area contributed by atoms with Crippen LogP contribution in [0.2, 0.25) is 0 Å². The topological polar surface area (TPSA) is 101 Å². The van der Waals surface area contributed by atoms with Gasteiger partial charge in [-0.05, 0) is 38.2 Å². The quantitative estimate of drug-likeness (QED) is 0.303. The number of aromatic nitrogens is 2. The zero-order valence-corrected chi connectivity index (χ0v) is 22.2. The maximum atomic E-state index is 11.3. The maximum absolute atomic E-state index is 11.3. The molecule has 2 aromatic rings. The van der Waals surface area contributed by atoms with E-state index in [9.17, 15) is 4.79 Å². The normalized spacial score (nSPS) is 17.6. The van der Waals surface area contributed by atoms with Crippen molar-refractivity contribution in [3.8, 4) is 11.5 Å². The van der Waals surface area contributed by atoms with Crippen LogP contribution in [0.3, 0.4) is 0 Å². The third-order valence-electron chi connectivity index (χ3n) is 7.24. The van der Waals surface area contributed by atoms with Gasteiger partial charge < -0.3 is 30.3 Å². The Balaban J connectivity index is 1.46.